The number of esters is 1. The van der Waals surface area contributed by atoms with Crippen LogP contribution in [-0.4, -0.2) is 25.0 Å². The summed E-state index contributed by atoms with van der Waals surface area (Å²) < 4.78 is 4.85. The van der Waals surface area contributed by atoms with Crippen LogP contribution in [0.25, 0.3) is 11.1 Å². The molecule has 1 N–H and O–H groups in total. The lowest BCUT2D eigenvalue weighted by atomic mass is 9.95. The van der Waals surface area contributed by atoms with Gasteiger partial charge in [0.05, 0.1) is 18.2 Å². The number of hydrogen-bond donors (Lipinski definition) is 1. The monoisotopic (exact) mass is 336 g/mol. The third-order valence-corrected chi connectivity index (χ3v) is 3.66. The maximum Gasteiger partial charge on any atom is 0.305 e. The summed E-state index contributed by atoms with van der Waals surface area (Å²) in [6, 6.07) is 16.5. The Kier molecular flexibility index (Phi) is 6.73. The Morgan fingerprint density at radius 2 is 1.76 bits per heavy atom. The van der Waals surface area contributed by atoms with E-state index in [1.54, 1.807) is 31.2 Å². The summed E-state index contributed by atoms with van der Waals surface area (Å²) >= 11 is 0. The molecule has 5 heteroatoms. The van der Waals surface area contributed by atoms with Gasteiger partial charge in [-0.05, 0) is 31.0 Å². The summed E-state index contributed by atoms with van der Waals surface area (Å²) in [5.74, 6) is -0.493. The van der Waals surface area contributed by atoms with Crippen LogP contribution in [0, 0.1) is 11.3 Å². The summed E-state index contributed by atoms with van der Waals surface area (Å²) in [5.41, 5.74) is 2.45. The van der Waals surface area contributed by atoms with E-state index in [0.29, 0.717) is 36.3 Å². The molecule has 0 bridgehead atoms. The second kappa shape index (κ2) is 9.24. The highest BCUT2D eigenvalue weighted by atomic mass is 16.5. The van der Waals surface area contributed by atoms with Gasteiger partial charge in [0.1, 0.15) is 0 Å². The van der Waals surface area contributed by atoms with Gasteiger partial charge < -0.3 is 10.1 Å². The smallest absolute Gasteiger partial charge is 0.305 e. The number of nitrogens with zero attached hydrogens (tertiary/aromatic N) is 1. The van der Waals surface area contributed by atoms with Crippen LogP contribution < -0.4 is 5.32 Å². The fourth-order valence-corrected chi connectivity index (χ4v) is 2.49. The van der Waals surface area contributed by atoms with Gasteiger partial charge in [-0.2, -0.15) is 5.26 Å². The Bertz CT molecular complexity index is 794. The van der Waals surface area contributed by atoms with Crippen molar-refractivity contribution in [1.29, 1.82) is 5.26 Å². The maximum absolute atomic E-state index is 12.5. The Labute approximate surface area is 147 Å². The summed E-state index contributed by atoms with van der Waals surface area (Å²) in [6.45, 7) is 2.50. The van der Waals surface area contributed by atoms with E-state index < -0.39 is 0 Å². The Hall–Kier alpha value is -3.13. The van der Waals surface area contributed by atoms with Crippen molar-refractivity contribution in [1.82, 2.24) is 5.32 Å². The number of amides is 1. The first-order valence-corrected chi connectivity index (χ1v) is 8.19. The van der Waals surface area contributed by atoms with Crippen LogP contribution in [0.1, 0.15) is 35.7 Å². The summed E-state index contributed by atoms with van der Waals surface area (Å²) in [6.07, 6.45) is 0.786. The average molecular weight is 336 g/mol. The molecule has 0 aromatic heterocycles. The first-order chi connectivity index (χ1) is 12.2. The highest BCUT2D eigenvalue weighted by molar-refractivity contribution is 6.01. The Morgan fingerprint density at radius 1 is 1.08 bits per heavy atom. The number of ether oxygens (including phenoxy) is 1. The van der Waals surface area contributed by atoms with Crippen LogP contribution in [0.15, 0.2) is 48.5 Å². The maximum atomic E-state index is 12.5. The van der Waals surface area contributed by atoms with Gasteiger partial charge in [-0.15, -0.1) is 0 Å². The van der Waals surface area contributed by atoms with E-state index in [4.69, 9.17) is 4.74 Å². The first-order valence-electron chi connectivity index (χ1n) is 8.19. The van der Waals surface area contributed by atoms with E-state index in [-0.39, 0.29) is 18.3 Å². The van der Waals surface area contributed by atoms with Crippen molar-refractivity contribution in [3.05, 3.63) is 59.7 Å². The minimum atomic E-state index is -0.264. The van der Waals surface area contributed by atoms with Crippen LogP contribution in [0.3, 0.4) is 0 Å². The number of benzene rings is 2. The zero-order valence-electron chi connectivity index (χ0n) is 14.1. The van der Waals surface area contributed by atoms with Crippen LogP contribution in [0.5, 0.6) is 0 Å². The molecule has 0 fully saturated rings. The van der Waals surface area contributed by atoms with Gasteiger partial charge >= 0.3 is 5.97 Å². The number of nitriles is 1. The van der Waals surface area contributed by atoms with E-state index in [0.717, 1.165) is 5.56 Å². The molecule has 128 valence electrons. The topological polar surface area (TPSA) is 79.2 Å². The zero-order chi connectivity index (χ0) is 18.1. The zero-order valence-corrected chi connectivity index (χ0v) is 14.1. The van der Waals surface area contributed by atoms with Gasteiger partial charge in [0, 0.05) is 24.1 Å². The summed E-state index contributed by atoms with van der Waals surface area (Å²) in [5, 5.41) is 12.1. The van der Waals surface area contributed by atoms with Crippen LogP contribution >= 0.6 is 0 Å². The lowest BCUT2D eigenvalue weighted by Crippen LogP contribution is -2.25. The molecule has 0 atom stereocenters. The molecule has 2 aromatic rings. The standard InChI is InChI=1S/C20H20N2O3/c1-2-25-19(23)12-7-13-22-20(24)18-11-6-5-10-17(18)16-9-4-3-8-15(16)14-21/h3-6,8-11H,2,7,12-13H2,1H3,(H,22,24). The van der Waals surface area contributed by atoms with Gasteiger partial charge in [0.15, 0.2) is 0 Å². The van der Waals surface area contributed by atoms with Crippen molar-refractivity contribution >= 4 is 11.9 Å². The van der Waals surface area contributed by atoms with Crippen molar-refractivity contribution in [3.8, 4) is 17.2 Å². The van der Waals surface area contributed by atoms with Gasteiger partial charge in [-0.25, -0.2) is 0 Å². The second-order valence-corrected chi connectivity index (χ2v) is 5.37. The predicted molar refractivity (Wildman–Crippen MR) is 94.8 cm³/mol. The minimum Gasteiger partial charge on any atom is -0.466 e. The largest absolute Gasteiger partial charge is 0.466 e. The molecule has 0 aliphatic rings. The van der Waals surface area contributed by atoms with Crippen molar-refractivity contribution in [3.63, 3.8) is 0 Å². The van der Waals surface area contributed by atoms with Crippen molar-refractivity contribution in [2.45, 2.75) is 19.8 Å². The van der Waals surface area contributed by atoms with Crippen molar-refractivity contribution in [2.24, 2.45) is 0 Å². The number of nitrogens with one attached hydrogen (secondary N) is 1. The first kappa shape index (κ1) is 18.2. The molecule has 0 saturated carbocycles. The van der Waals surface area contributed by atoms with Gasteiger partial charge in [-0.3, -0.25) is 9.59 Å². The van der Waals surface area contributed by atoms with Crippen LogP contribution in [0.4, 0.5) is 0 Å². The molecular formula is C20H20N2O3. The quantitative estimate of drug-likeness (QED) is 0.621. The highest BCUT2D eigenvalue weighted by Gasteiger charge is 2.14. The third-order valence-electron chi connectivity index (χ3n) is 3.66. The molecular weight excluding hydrogens is 316 g/mol. The van der Waals surface area contributed by atoms with E-state index >= 15 is 0 Å². The average Bonchev–Trinajstić information content (AvgIpc) is 2.65. The van der Waals surface area contributed by atoms with Crippen LogP contribution in [0.2, 0.25) is 0 Å². The Balaban J connectivity index is 2.09. The van der Waals surface area contributed by atoms with E-state index in [2.05, 4.69) is 11.4 Å². The number of hydrogen-bond acceptors (Lipinski definition) is 4. The second-order valence-electron chi connectivity index (χ2n) is 5.37. The molecule has 2 rings (SSSR count). The molecule has 5 nitrogen and oxygen atoms in total. The van der Waals surface area contributed by atoms with Crippen molar-refractivity contribution < 1.29 is 14.3 Å². The molecule has 0 unspecified atom stereocenters. The molecule has 0 heterocycles. The van der Waals surface area contributed by atoms with E-state index in [9.17, 15) is 14.9 Å². The lowest BCUT2D eigenvalue weighted by molar-refractivity contribution is -0.143. The molecule has 2 aromatic carbocycles. The molecule has 0 saturated heterocycles. The van der Waals surface area contributed by atoms with Gasteiger partial charge in [0.2, 0.25) is 0 Å². The van der Waals surface area contributed by atoms with Crippen molar-refractivity contribution in [2.75, 3.05) is 13.2 Å². The van der Waals surface area contributed by atoms with Gasteiger partial charge in [0.25, 0.3) is 5.91 Å². The highest BCUT2D eigenvalue weighted by Crippen LogP contribution is 2.26. The Morgan fingerprint density at radius 3 is 2.48 bits per heavy atom. The molecule has 25 heavy (non-hydrogen) atoms. The van der Waals surface area contributed by atoms with Gasteiger partial charge in [-0.1, -0.05) is 36.4 Å². The number of rotatable bonds is 7. The predicted octanol–water partition coefficient (Wildman–Crippen LogP) is 3.30. The lowest BCUT2D eigenvalue weighted by Gasteiger charge is -2.11. The fourth-order valence-electron chi connectivity index (χ4n) is 2.49. The molecule has 0 aliphatic carbocycles. The number of carbonyl (C=O) groups is 2. The molecule has 0 aliphatic heterocycles. The summed E-state index contributed by atoms with van der Waals surface area (Å²) in [4.78, 5) is 23.8. The molecule has 0 radical (unpaired) electrons. The van der Waals surface area contributed by atoms with Crippen LogP contribution in [-0.2, 0) is 9.53 Å². The third kappa shape index (κ3) is 4.92. The summed E-state index contributed by atoms with van der Waals surface area (Å²) in [7, 11) is 0. The normalized spacial score (nSPS) is 9.92. The molecule has 0 spiro atoms. The minimum absolute atomic E-state index is 0.229. The van der Waals surface area contributed by atoms with E-state index in [1.807, 2.05) is 24.3 Å². The molecule has 1 amide bonds. The fraction of sp³-hybridized carbons (Fsp3) is 0.250. The number of carbonyl (C=O) groups excluding carboxylic acids is 2. The SMILES string of the molecule is CCOC(=O)CCCNC(=O)c1ccccc1-c1ccccc1C#N. The van der Waals surface area contributed by atoms with E-state index in [1.165, 1.54) is 0 Å².